The molecule has 39 heavy (non-hydrogen) atoms. The largest absolute Gasteiger partial charge is 0.416 e. The van der Waals surface area contributed by atoms with Gasteiger partial charge in [-0.25, -0.2) is 0 Å². The van der Waals surface area contributed by atoms with E-state index in [0.29, 0.717) is 23.5 Å². The molecule has 0 bridgehead atoms. The molecule has 1 fully saturated rings. The van der Waals surface area contributed by atoms with Crippen LogP contribution in [0.3, 0.4) is 0 Å². The minimum absolute atomic E-state index is 0.0434. The van der Waals surface area contributed by atoms with Crippen molar-refractivity contribution in [2.75, 3.05) is 19.3 Å². The van der Waals surface area contributed by atoms with Crippen molar-refractivity contribution in [2.45, 2.75) is 43.8 Å². The zero-order chi connectivity index (χ0) is 28.3. The maximum absolute atomic E-state index is 13.5. The van der Waals surface area contributed by atoms with Gasteiger partial charge in [-0.3, -0.25) is 23.2 Å². The highest BCUT2D eigenvalue weighted by atomic mass is 32.2. The van der Waals surface area contributed by atoms with Crippen LogP contribution in [0.4, 0.5) is 13.2 Å². The van der Waals surface area contributed by atoms with Crippen LogP contribution in [-0.2, 0) is 23.5 Å². The molecule has 0 spiro atoms. The van der Waals surface area contributed by atoms with Crippen LogP contribution in [-0.4, -0.2) is 44.8 Å². The Balaban J connectivity index is 1.76. The average Bonchev–Trinajstić information content (AvgIpc) is 2.92. The predicted molar refractivity (Wildman–Crippen MR) is 141 cm³/mol. The van der Waals surface area contributed by atoms with Gasteiger partial charge in [0.25, 0.3) is 17.4 Å². The van der Waals surface area contributed by atoms with E-state index < -0.39 is 34.0 Å². The summed E-state index contributed by atoms with van der Waals surface area (Å²) in [6.45, 7) is 2.56. The minimum Gasteiger partial charge on any atom is -0.348 e. The van der Waals surface area contributed by atoms with Crippen LogP contribution in [0, 0.1) is 6.92 Å². The van der Waals surface area contributed by atoms with Crippen LogP contribution in [0.5, 0.6) is 0 Å². The Morgan fingerprint density at radius 2 is 1.64 bits per heavy atom. The number of carbonyl (C=O) groups is 2. The molecule has 4 rings (SSSR count). The number of aromatic nitrogens is 1. The second-order valence-electron chi connectivity index (χ2n) is 9.38. The molecule has 0 radical (unpaired) electrons. The molecule has 2 heterocycles. The van der Waals surface area contributed by atoms with E-state index in [0.717, 1.165) is 36.0 Å². The third kappa shape index (κ3) is 6.30. The van der Waals surface area contributed by atoms with Crippen molar-refractivity contribution < 1.29 is 27.0 Å². The van der Waals surface area contributed by atoms with Crippen molar-refractivity contribution >= 4 is 22.6 Å². The van der Waals surface area contributed by atoms with Gasteiger partial charge in [0.1, 0.15) is 5.56 Å². The van der Waals surface area contributed by atoms with Gasteiger partial charge in [0.05, 0.1) is 11.1 Å². The highest BCUT2D eigenvalue weighted by Gasteiger charge is 2.31. The second-order valence-corrected chi connectivity index (χ2v) is 10.8. The summed E-state index contributed by atoms with van der Waals surface area (Å²) < 4.78 is 52.9. The van der Waals surface area contributed by atoms with Gasteiger partial charge in [-0.2, -0.15) is 13.2 Å². The molecule has 0 saturated carbocycles. The zero-order valence-electron chi connectivity index (χ0n) is 21.5. The summed E-state index contributed by atoms with van der Waals surface area (Å²) in [7, 11) is -1.16. The van der Waals surface area contributed by atoms with Crippen LogP contribution in [0.15, 0.2) is 64.3 Å². The average molecular weight is 560 g/mol. The van der Waals surface area contributed by atoms with E-state index in [1.807, 2.05) is 0 Å². The molecule has 1 N–H and O–H groups in total. The van der Waals surface area contributed by atoms with Gasteiger partial charge in [-0.1, -0.05) is 18.2 Å². The molecule has 0 aliphatic carbocycles. The Kier molecular flexibility index (Phi) is 8.39. The third-order valence-electron chi connectivity index (χ3n) is 6.71. The summed E-state index contributed by atoms with van der Waals surface area (Å²) in [6.07, 6.45) is -0.484. The van der Waals surface area contributed by atoms with E-state index in [9.17, 15) is 31.8 Å². The van der Waals surface area contributed by atoms with Crippen molar-refractivity contribution in [3.8, 4) is 5.69 Å². The molecule has 1 aliphatic rings. The van der Waals surface area contributed by atoms with Crippen molar-refractivity contribution in [1.82, 2.24) is 14.8 Å². The van der Waals surface area contributed by atoms with Gasteiger partial charge >= 0.3 is 6.18 Å². The third-order valence-corrected chi connectivity index (χ3v) is 7.64. The Morgan fingerprint density at radius 3 is 2.26 bits per heavy atom. The van der Waals surface area contributed by atoms with Crippen LogP contribution >= 0.6 is 0 Å². The number of alkyl halides is 3. The van der Waals surface area contributed by atoms with Crippen LogP contribution < -0.4 is 10.9 Å². The number of benzene rings is 2. The monoisotopic (exact) mass is 559 g/mol. The Labute approximate surface area is 226 Å². The number of rotatable bonds is 6. The standard InChI is InChI=1S/C28H28F3N3O4S/c1-18-23(26(36)33-13-4-3-5-14-33)16-24(25(35)32-17-19-9-11-22(12-10-19)39(2)38)27(37)34(18)21-8-6-7-20(15-21)28(29,30)31/h6-12,15-16H,3-5,13-14,17H2,1-2H3,(H,32,35). The van der Waals surface area contributed by atoms with Gasteiger partial charge in [-0.15, -0.1) is 0 Å². The molecular formula is C28H28F3N3O4S. The number of hydrogen-bond acceptors (Lipinski definition) is 4. The first-order chi connectivity index (χ1) is 18.5. The van der Waals surface area contributed by atoms with E-state index in [4.69, 9.17) is 0 Å². The van der Waals surface area contributed by atoms with Crippen molar-refractivity contribution in [3.05, 3.63) is 92.9 Å². The fourth-order valence-corrected chi connectivity index (χ4v) is 5.08. The summed E-state index contributed by atoms with van der Waals surface area (Å²) >= 11 is 0. The maximum Gasteiger partial charge on any atom is 0.416 e. The van der Waals surface area contributed by atoms with Gasteiger partial charge in [0.15, 0.2) is 0 Å². The molecule has 3 aromatic rings. The molecular weight excluding hydrogens is 531 g/mol. The van der Waals surface area contributed by atoms with Crippen LogP contribution in [0.2, 0.25) is 0 Å². The molecule has 1 saturated heterocycles. The number of piperidine rings is 1. The molecule has 1 aromatic heterocycles. The van der Waals surface area contributed by atoms with E-state index in [-0.39, 0.29) is 35.0 Å². The lowest BCUT2D eigenvalue weighted by Crippen LogP contribution is -2.39. The zero-order valence-corrected chi connectivity index (χ0v) is 22.3. The summed E-state index contributed by atoms with van der Waals surface area (Å²) in [6, 6.07) is 12.2. The number of halogens is 3. The van der Waals surface area contributed by atoms with Gasteiger partial charge in [0, 0.05) is 53.0 Å². The molecule has 1 aliphatic heterocycles. The summed E-state index contributed by atoms with van der Waals surface area (Å²) in [5.74, 6) is -1.15. The molecule has 1 unspecified atom stereocenters. The first-order valence-corrected chi connectivity index (χ1v) is 14.0. The molecule has 11 heteroatoms. The minimum atomic E-state index is -4.64. The topological polar surface area (TPSA) is 88.5 Å². The number of hydrogen-bond donors (Lipinski definition) is 1. The van der Waals surface area contributed by atoms with Crippen LogP contribution in [0.25, 0.3) is 5.69 Å². The van der Waals surface area contributed by atoms with Gasteiger partial charge < -0.3 is 10.2 Å². The van der Waals surface area contributed by atoms with Crippen molar-refractivity contribution in [3.63, 3.8) is 0 Å². The normalized spacial score (nSPS) is 14.6. The van der Waals surface area contributed by atoms with Gasteiger partial charge in [0.2, 0.25) is 0 Å². The molecule has 2 amide bonds. The van der Waals surface area contributed by atoms with E-state index in [1.165, 1.54) is 25.1 Å². The van der Waals surface area contributed by atoms with Crippen molar-refractivity contribution in [1.29, 1.82) is 0 Å². The smallest absolute Gasteiger partial charge is 0.348 e. The summed E-state index contributed by atoms with van der Waals surface area (Å²) in [5.41, 5.74) is -1.34. The summed E-state index contributed by atoms with van der Waals surface area (Å²) in [4.78, 5) is 42.5. The number of likely N-dealkylation sites (tertiary alicyclic amines) is 1. The number of nitrogens with zero attached hydrogens (tertiary/aromatic N) is 2. The van der Waals surface area contributed by atoms with Crippen LogP contribution in [0.1, 0.15) is 56.8 Å². The highest BCUT2D eigenvalue weighted by Crippen LogP contribution is 2.30. The molecule has 1 atom stereocenters. The maximum atomic E-state index is 13.5. The molecule has 2 aromatic carbocycles. The SMILES string of the molecule is Cc1c(C(=O)N2CCCCC2)cc(C(=O)NCc2ccc(S(C)=O)cc2)c(=O)n1-c1cccc(C(F)(F)F)c1. The number of carbonyl (C=O) groups excluding carboxylic acids is 2. The quantitative estimate of drug-likeness (QED) is 0.483. The summed E-state index contributed by atoms with van der Waals surface area (Å²) in [5, 5.41) is 2.65. The predicted octanol–water partition coefficient (Wildman–Crippen LogP) is 4.46. The fourth-order valence-electron chi connectivity index (χ4n) is 4.56. The fraction of sp³-hybridized carbons (Fsp3) is 0.321. The van der Waals surface area contributed by atoms with E-state index in [2.05, 4.69) is 5.32 Å². The first kappa shape index (κ1) is 28.3. The first-order valence-electron chi connectivity index (χ1n) is 12.4. The number of amides is 2. The van der Waals surface area contributed by atoms with E-state index in [1.54, 1.807) is 35.4 Å². The highest BCUT2D eigenvalue weighted by molar-refractivity contribution is 7.84. The molecule has 206 valence electrons. The lowest BCUT2D eigenvalue weighted by Gasteiger charge is -2.28. The number of pyridine rings is 1. The van der Waals surface area contributed by atoms with E-state index >= 15 is 0 Å². The van der Waals surface area contributed by atoms with Gasteiger partial charge in [-0.05, 0) is 68.1 Å². The number of nitrogens with one attached hydrogen (secondary N) is 1. The Morgan fingerprint density at radius 1 is 0.974 bits per heavy atom. The lowest BCUT2D eigenvalue weighted by atomic mass is 10.0. The Bertz CT molecular complexity index is 1480. The lowest BCUT2D eigenvalue weighted by molar-refractivity contribution is -0.137. The second kappa shape index (κ2) is 11.6. The Hall–Kier alpha value is -3.73. The molecule has 7 nitrogen and oxygen atoms in total. The van der Waals surface area contributed by atoms with Crippen molar-refractivity contribution in [2.24, 2.45) is 0 Å².